The van der Waals surface area contributed by atoms with E-state index >= 15 is 0 Å². The molecule has 12 heavy (non-hydrogen) atoms. The van der Waals surface area contributed by atoms with E-state index in [4.69, 9.17) is 28.3 Å². The molecule has 0 radical (unpaired) electrons. The highest BCUT2D eigenvalue weighted by Crippen LogP contribution is 2.25. The Morgan fingerprint density at radius 2 is 2.00 bits per heavy atom. The number of rotatable bonds is 2. The van der Waals surface area contributed by atoms with Crippen molar-refractivity contribution in [2.24, 2.45) is 0 Å². The van der Waals surface area contributed by atoms with Crippen molar-refractivity contribution in [3.63, 3.8) is 0 Å². The van der Waals surface area contributed by atoms with Gasteiger partial charge in [-0.15, -0.1) is 0 Å². The maximum Gasteiger partial charge on any atom is 0.103 e. The molecule has 0 saturated heterocycles. The summed E-state index contributed by atoms with van der Waals surface area (Å²) >= 11 is 11.4. The van der Waals surface area contributed by atoms with Gasteiger partial charge < -0.3 is 10.2 Å². The molecule has 0 aromatic heterocycles. The van der Waals surface area contributed by atoms with Crippen LogP contribution in [0.5, 0.6) is 0 Å². The summed E-state index contributed by atoms with van der Waals surface area (Å²) in [5.41, 5.74) is 0.489. The molecule has 4 heteroatoms. The second-order valence-electron chi connectivity index (χ2n) is 2.36. The number of hydrogen-bond donors (Lipinski definition) is 2. The van der Waals surface area contributed by atoms with Crippen molar-refractivity contribution in [1.82, 2.24) is 0 Å². The average molecular weight is 207 g/mol. The van der Waals surface area contributed by atoms with E-state index in [1.807, 2.05) is 0 Å². The molecule has 2 nitrogen and oxygen atoms in total. The van der Waals surface area contributed by atoms with Crippen molar-refractivity contribution in [1.29, 1.82) is 0 Å². The lowest BCUT2D eigenvalue weighted by Gasteiger charge is -2.09. The van der Waals surface area contributed by atoms with Gasteiger partial charge >= 0.3 is 0 Å². The van der Waals surface area contributed by atoms with Crippen LogP contribution in [0.25, 0.3) is 0 Å². The van der Waals surface area contributed by atoms with E-state index in [0.29, 0.717) is 15.6 Å². The van der Waals surface area contributed by atoms with Crippen LogP contribution in [0.4, 0.5) is 0 Å². The fourth-order valence-electron chi connectivity index (χ4n) is 0.870. The summed E-state index contributed by atoms with van der Waals surface area (Å²) in [7, 11) is 0. The van der Waals surface area contributed by atoms with Gasteiger partial charge in [0.2, 0.25) is 0 Å². The van der Waals surface area contributed by atoms with Gasteiger partial charge in [-0.25, -0.2) is 0 Å². The third kappa shape index (κ3) is 2.11. The van der Waals surface area contributed by atoms with E-state index in [-0.39, 0.29) is 6.61 Å². The second kappa shape index (κ2) is 4.10. The van der Waals surface area contributed by atoms with E-state index in [1.54, 1.807) is 12.1 Å². The zero-order chi connectivity index (χ0) is 9.14. The molecule has 0 bridgehead atoms. The van der Waals surface area contributed by atoms with Crippen molar-refractivity contribution in [2.45, 2.75) is 6.10 Å². The third-order valence-electron chi connectivity index (χ3n) is 1.49. The van der Waals surface area contributed by atoms with Crippen LogP contribution in [-0.2, 0) is 0 Å². The molecule has 1 atom stereocenters. The summed E-state index contributed by atoms with van der Waals surface area (Å²) in [6.45, 7) is -0.346. The SMILES string of the molecule is OCC(O)c1ccc(Cl)cc1Cl. The Bertz CT molecular complexity index is 276. The second-order valence-corrected chi connectivity index (χ2v) is 3.21. The molecular weight excluding hydrogens is 199 g/mol. The minimum atomic E-state index is -0.935. The number of benzene rings is 1. The van der Waals surface area contributed by atoms with Gasteiger partial charge in [-0.1, -0.05) is 29.3 Å². The highest BCUT2D eigenvalue weighted by molar-refractivity contribution is 6.35. The summed E-state index contributed by atoms with van der Waals surface area (Å²) in [5, 5.41) is 18.7. The molecule has 0 saturated carbocycles. The minimum Gasteiger partial charge on any atom is -0.393 e. The molecule has 0 aliphatic heterocycles. The fourth-order valence-corrected chi connectivity index (χ4v) is 1.40. The zero-order valence-corrected chi connectivity index (χ0v) is 7.68. The molecule has 1 unspecified atom stereocenters. The molecule has 1 rings (SSSR count). The Morgan fingerprint density at radius 3 is 2.50 bits per heavy atom. The van der Waals surface area contributed by atoms with E-state index < -0.39 is 6.10 Å². The molecule has 1 aromatic carbocycles. The number of hydrogen-bond acceptors (Lipinski definition) is 2. The van der Waals surface area contributed by atoms with Crippen molar-refractivity contribution in [2.75, 3.05) is 6.61 Å². The molecule has 2 N–H and O–H groups in total. The lowest BCUT2D eigenvalue weighted by Crippen LogP contribution is -2.02. The topological polar surface area (TPSA) is 40.5 Å². The molecule has 0 aliphatic carbocycles. The molecule has 1 aromatic rings. The molecule has 0 aliphatic rings. The zero-order valence-electron chi connectivity index (χ0n) is 6.17. The Balaban J connectivity index is 3.01. The minimum absolute atomic E-state index is 0.346. The predicted molar refractivity (Wildman–Crippen MR) is 48.5 cm³/mol. The molecule has 0 fully saturated rings. The van der Waals surface area contributed by atoms with E-state index in [2.05, 4.69) is 0 Å². The average Bonchev–Trinajstić information content (AvgIpc) is 2.03. The van der Waals surface area contributed by atoms with Gasteiger partial charge in [-0.2, -0.15) is 0 Å². The van der Waals surface area contributed by atoms with Crippen LogP contribution in [-0.4, -0.2) is 16.8 Å². The summed E-state index contributed by atoms with van der Waals surface area (Å²) in [4.78, 5) is 0. The highest BCUT2D eigenvalue weighted by Gasteiger charge is 2.09. The maximum atomic E-state index is 9.22. The fraction of sp³-hybridized carbons (Fsp3) is 0.250. The Morgan fingerprint density at radius 1 is 1.33 bits per heavy atom. The van der Waals surface area contributed by atoms with E-state index in [9.17, 15) is 5.11 Å². The van der Waals surface area contributed by atoms with Gasteiger partial charge in [0, 0.05) is 15.6 Å². The molecule has 0 heterocycles. The summed E-state index contributed by atoms with van der Waals surface area (Å²) in [6.07, 6.45) is -0.935. The van der Waals surface area contributed by atoms with E-state index in [1.165, 1.54) is 6.07 Å². The quantitative estimate of drug-likeness (QED) is 0.778. The Kier molecular flexibility index (Phi) is 3.35. The first-order valence-corrected chi connectivity index (χ1v) is 4.14. The first kappa shape index (κ1) is 9.81. The predicted octanol–water partition coefficient (Wildman–Crippen LogP) is 2.02. The number of aliphatic hydroxyl groups excluding tert-OH is 2. The maximum absolute atomic E-state index is 9.22. The van der Waals surface area contributed by atoms with Crippen molar-refractivity contribution >= 4 is 23.2 Å². The van der Waals surface area contributed by atoms with Gasteiger partial charge in [0.1, 0.15) is 6.10 Å². The first-order valence-electron chi connectivity index (χ1n) is 3.39. The van der Waals surface area contributed by atoms with Gasteiger partial charge in [0.05, 0.1) is 6.61 Å². The van der Waals surface area contributed by atoms with Crippen LogP contribution < -0.4 is 0 Å². The van der Waals surface area contributed by atoms with Gasteiger partial charge in [0.15, 0.2) is 0 Å². The molecule has 0 spiro atoms. The summed E-state index contributed by atoms with van der Waals surface area (Å²) in [6, 6.07) is 4.73. The van der Waals surface area contributed by atoms with Gasteiger partial charge in [-0.05, 0) is 12.1 Å². The first-order chi connectivity index (χ1) is 5.65. The Labute approximate surface area is 80.4 Å². The molecule has 66 valence electrons. The molecular formula is C8H8Cl2O2. The van der Waals surface area contributed by atoms with Crippen LogP contribution in [0, 0.1) is 0 Å². The highest BCUT2D eigenvalue weighted by atomic mass is 35.5. The monoisotopic (exact) mass is 206 g/mol. The van der Waals surface area contributed by atoms with Crippen LogP contribution in [0.1, 0.15) is 11.7 Å². The van der Waals surface area contributed by atoms with E-state index in [0.717, 1.165) is 0 Å². The van der Waals surface area contributed by atoms with Crippen LogP contribution in [0.15, 0.2) is 18.2 Å². The van der Waals surface area contributed by atoms with Gasteiger partial charge in [-0.3, -0.25) is 0 Å². The number of aliphatic hydroxyl groups is 2. The van der Waals surface area contributed by atoms with Crippen molar-refractivity contribution in [3.8, 4) is 0 Å². The standard InChI is InChI=1S/C8H8Cl2O2/c9-5-1-2-6(7(10)3-5)8(12)4-11/h1-3,8,11-12H,4H2. The van der Waals surface area contributed by atoms with Crippen LogP contribution in [0.3, 0.4) is 0 Å². The number of halogens is 2. The molecule has 0 amide bonds. The van der Waals surface area contributed by atoms with Crippen LogP contribution in [0.2, 0.25) is 10.0 Å². The Hall–Kier alpha value is -0.280. The largest absolute Gasteiger partial charge is 0.393 e. The lowest BCUT2D eigenvalue weighted by molar-refractivity contribution is 0.0957. The van der Waals surface area contributed by atoms with Crippen molar-refractivity contribution < 1.29 is 10.2 Å². The third-order valence-corrected chi connectivity index (χ3v) is 2.06. The lowest BCUT2D eigenvalue weighted by atomic mass is 10.1. The summed E-state index contributed by atoms with van der Waals surface area (Å²) < 4.78 is 0. The van der Waals surface area contributed by atoms with Gasteiger partial charge in [0.25, 0.3) is 0 Å². The van der Waals surface area contributed by atoms with Crippen molar-refractivity contribution in [3.05, 3.63) is 33.8 Å². The summed E-state index contributed by atoms with van der Waals surface area (Å²) in [5.74, 6) is 0. The van der Waals surface area contributed by atoms with Crippen LogP contribution >= 0.6 is 23.2 Å². The smallest absolute Gasteiger partial charge is 0.103 e. The normalized spacial score (nSPS) is 13.0.